The van der Waals surface area contributed by atoms with E-state index in [0.29, 0.717) is 18.4 Å². The molecule has 6 heteroatoms. The van der Waals surface area contributed by atoms with E-state index in [1.54, 1.807) is 6.08 Å². The van der Waals surface area contributed by atoms with E-state index >= 15 is 0 Å². The third-order valence-electron chi connectivity index (χ3n) is 6.09. The van der Waals surface area contributed by atoms with Gasteiger partial charge in [0.2, 0.25) is 11.8 Å². The summed E-state index contributed by atoms with van der Waals surface area (Å²) < 4.78 is 8.66. The summed E-state index contributed by atoms with van der Waals surface area (Å²) in [6, 6.07) is 26.3. The van der Waals surface area contributed by atoms with Crippen LogP contribution in [0, 0.1) is 32.1 Å². The number of anilines is 2. The lowest BCUT2D eigenvalue weighted by Gasteiger charge is -2.15. The van der Waals surface area contributed by atoms with E-state index in [2.05, 4.69) is 54.9 Å². The van der Waals surface area contributed by atoms with Crippen LogP contribution in [0.1, 0.15) is 27.8 Å². The molecule has 0 unspecified atom stereocenters. The number of nitrogens with zero attached hydrogens (tertiary/aromatic N) is 4. The molecule has 0 spiro atoms. The van der Waals surface area contributed by atoms with Crippen LogP contribution < -0.4 is 10.1 Å². The minimum absolute atomic E-state index is 0.447. The average Bonchev–Trinajstić information content (AvgIpc) is 3.29. The Kier molecular flexibility index (Phi) is 6.69. The minimum Gasteiger partial charge on any atom is -0.436 e. The standard InChI is InChI=1S/C31H27N5O/c1-21-18-22(2)29(23(3)19-21)37-30-28-27(15-17-36(28)20-25-8-5-4-6-9-25)34-31(35-30)33-26-13-11-24(12-14-26)10-7-16-32/h4-15,17-19H,20H2,1-3H3,(H,33,34,35)/b10-7+. The highest BCUT2D eigenvalue weighted by Crippen LogP contribution is 2.34. The van der Waals surface area contributed by atoms with Gasteiger partial charge in [-0.05, 0) is 67.3 Å². The highest BCUT2D eigenvalue weighted by atomic mass is 16.5. The van der Waals surface area contributed by atoms with Gasteiger partial charge >= 0.3 is 0 Å². The number of aryl methyl sites for hydroxylation is 3. The van der Waals surface area contributed by atoms with E-state index in [4.69, 9.17) is 20.0 Å². The molecule has 5 rings (SSSR count). The van der Waals surface area contributed by atoms with E-state index in [1.165, 1.54) is 17.2 Å². The lowest BCUT2D eigenvalue weighted by atomic mass is 10.1. The van der Waals surface area contributed by atoms with E-state index in [-0.39, 0.29) is 0 Å². The van der Waals surface area contributed by atoms with Gasteiger partial charge in [-0.2, -0.15) is 10.2 Å². The number of fused-ring (bicyclic) bond motifs is 1. The predicted molar refractivity (Wildman–Crippen MR) is 148 cm³/mol. The monoisotopic (exact) mass is 485 g/mol. The molecule has 182 valence electrons. The summed E-state index contributed by atoms with van der Waals surface area (Å²) in [4.78, 5) is 9.61. The molecule has 0 aliphatic carbocycles. The first kappa shape index (κ1) is 23.8. The van der Waals surface area contributed by atoms with Crippen molar-refractivity contribution in [1.29, 1.82) is 5.26 Å². The fourth-order valence-electron chi connectivity index (χ4n) is 4.48. The molecule has 2 aromatic heterocycles. The van der Waals surface area contributed by atoms with Crippen LogP contribution in [-0.4, -0.2) is 14.5 Å². The Balaban J connectivity index is 1.56. The molecule has 5 aromatic rings. The van der Waals surface area contributed by atoms with Gasteiger partial charge in [0.15, 0.2) is 0 Å². The number of benzene rings is 3. The molecule has 0 saturated heterocycles. The summed E-state index contributed by atoms with van der Waals surface area (Å²) in [5.74, 6) is 1.75. The fourth-order valence-corrected chi connectivity index (χ4v) is 4.48. The maximum absolute atomic E-state index is 8.75. The van der Waals surface area contributed by atoms with Crippen molar-refractivity contribution in [3.05, 3.63) is 113 Å². The number of hydrogen-bond acceptors (Lipinski definition) is 5. The number of hydrogen-bond donors (Lipinski definition) is 1. The first-order valence-corrected chi connectivity index (χ1v) is 12.1. The highest BCUT2D eigenvalue weighted by molar-refractivity contribution is 5.83. The van der Waals surface area contributed by atoms with Crippen LogP contribution in [0.3, 0.4) is 0 Å². The summed E-state index contributed by atoms with van der Waals surface area (Å²) >= 11 is 0. The van der Waals surface area contributed by atoms with Gasteiger partial charge in [0.05, 0.1) is 11.6 Å². The third-order valence-corrected chi connectivity index (χ3v) is 6.09. The lowest BCUT2D eigenvalue weighted by Crippen LogP contribution is -2.04. The summed E-state index contributed by atoms with van der Waals surface area (Å²) in [5.41, 5.74) is 7.90. The maximum Gasteiger partial charge on any atom is 0.249 e. The first-order valence-electron chi connectivity index (χ1n) is 12.1. The van der Waals surface area contributed by atoms with Crippen molar-refractivity contribution < 1.29 is 4.74 Å². The number of allylic oxidation sites excluding steroid dienone is 1. The Hall–Kier alpha value is -4.89. The zero-order valence-corrected chi connectivity index (χ0v) is 21.1. The van der Waals surface area contributed by atoms with Crippen molar-refractivity contribution in [1.82, 2.24) is 14.5 Å². The molecule has 0 atom stereocenters. The van der Waals surface area contributed by atoms with E-state index in [0.717, 1.165) is 39.2 Å². The number of ether oxygens (including phenoxy) is 1. The molecule has 0 radical (unpaired) electrons. The number of rotatable bonds is 7. The third kappa shape index (κ3) is 5.36. The number of nitriles is 1. The van der Waals surface area contributed by atoms with Crippen molar-refractivity contribution in [2.24, 2.45) is 0 Å². The largest absolute Gasteiger partial charge is 0.436 e. The van der Waals surface area contributed by atoms with Gasteiger partial charge < -0.3 is 14.6 Å². The number of nitrogens with one attached hydrogen (secondary N) is 1. The summed E-state index contributed by atoms with van der Waals surface area (Å²) in [6.07, 6.45) is 5.24. The topological polar surface area (TPSA) is 75.8 Å². The maximum atomic E-state index is 8.75. The van der Waals surface area contributed by atoms with Crippen LogP contribution in [0.15, 0.2) is 85.1 Å². The van der Waals surface area contributed by atoms with Crippen molar-refractivity contribution in [3.63, 3.8) is 0 Å². The zero-order valence-electron chi connectivity index (χ0n) is 21.1. The molecule has 0 amide bonds. The molecule has 6 nitrogen and oxygen atoms in total. The van der Waals surface area contributed by atoms with Gasteiger partial charge in [-0.3, -0.25) is 0 Å². The summed E-state index contributed by atoms with van der Waals surface area (Å²) in [5, 5.41) is 12.1. The Morgan fingerprint density at radius 2 is 1.68 bits per heavy atom. The van der Waals surface area contributed by atoms with Crippen LogP contribution >= 0.6 is 0 Å². The van der Waals surface area contributed by atoms with Gasteiger partial charge in [-0.15, -0.1) is 0 Å². The minimum atomic E-state index is 0.447. The van der Waals surface area contributed by atoms with Crippen LogP contribution in [-0.2, 0) is 6.54 Å². The quantitative estimate of drug-likeness (QED) is 0.242. The smallest absolute Gasteiger partial charge is 0.249 e. The zero-order chi connectivity index (χ0) is 25.8. The Morgan fingerprint density at radius 1 is 0.946 bits per heavy atom. The van der Waals surface area contributed by atoms with Gasteiger partial charge in [0.25, 0.3) is 0 Å². The molecule has 0 fully saturated rings. The van der Waals surface area contributed by atoms with Gasteiger partial charge in [-0.25, -0.2) is 4.98 Å². The molecule has 0 saturated carbocycles. The molecule has 3 aromatic carbocycles. The second kappa shape index (κ2) is 10.4. The van der Waals surface area contributed by atoms with Crippen LogP contribution in [0.5, 0.6) is 11.6 Å². The molecule has 0 aliphatic heterocycles. The first-order chi connectivity index (χ1) is 18.0. The van der Waals surface area contributed by atoms with E-state index < -0.39 is 0 Å². The van der Waals surface area contributed by atoms with Crippen molar-refractivity contribution >= 4 is 28.7 Å². The molecule has 0 aliphatic rings. The Bertz CT molecular complexity index is 1600. The Labute approximate surface area is 216 Å². The van der Waals surface area contributed by atoms with Crippen LogP contribution in [0.4, 0.5) is 11.6 Å². The molecule has 2 heterocycles. The van der Waals surface area contributed by atoms with Gasteiger partial charge in [0.1, 0.15) is 11.3 Å². The summed E-state index contributed by atoms with van der Waals surface area (Å²) in [6.45, 7) is 6.87. The predicted octanol–water partition coefficient (Wildman–Crippen LogP) is 7.48. The van der Waals surface area contributed by atoms with Crippen LogP contribution in [0.2, 0.25) is 0 Å². The molecule has 37 heavy (non-hydrogen) atoms. The lowest BCUT2D eigenvalue weighted by molar-refractivity contribution is 0.459. The van der Waals surface area contributed by atoms with Gasteiger partial charge in [0, 0.05) is 24.5 Å². The SMILES string of the molecule is Cc1cc(C)c(Oc2nc(Nc3ccc(/C=C/C#N)cc3)nc3ccn(Cc4ccccc4)c23)c(C)c1. The number of aromatic nitrogens is 3. The summed E-state index contributed by atoms with van der Waals surface area (Å²) in [7, 11) is 0. The molecular formula is C31H27N5O. The second-order valence-corrected chi connectivity index (χ2v) is 9.05. The highest BCUT2D eigenvalue weighted by Gasteiger charge is 2.17. The van der Waals surface area contributed by atoms with Crippen molar-refractivity contribution in [2.75, 3.05) is 5.32 Å². The fraction of sp³-hybridized carbons (Fsp3) is 0.129. The van der Waals surface area contributed by atoms with E-state index in [9.17, 15) is 0 Å². The van der Waals surface area contributed by atoms with E-state index in [1.807, 2.05) is 60.8 Å². The molecular weight excluding hydrogens is 458 g/mol. The van der Waals surface area contributed by atoms with Crippen molar-refractivity contribution in [2.45, 2.75) is 27.3 Å². The van der Waals surface area contributed by atoms with Crippen molar-refractivity contribution in [3.8, 4) is 17.7 Å². The normalized spacial score (nSPS) is 11.1. The Morgan fingerprint density at radius 3 is 2.38 bits per heavy atom. The van der Waals surface area contributed by atoms with Gasteiger partial charge in [-0.1, -0.05) is 60.2 Å². The second-order valence-electron chi connectivity index (χ2n) is 9.05. The molecule has 0 bridgehead atoms. The van der Waals surface area contributed by atoms with Crippen LogP contribution in [0.25, 0.3) is 17.1 Å². The average molecular weight is 486 g/mol. The molecule has 1 N–H and O–H groups in total.